The van der Waals surface area contributed by atoms with Gasteiger partial charge in [-0.1, -0.05) is 46.0 Å². The Labute approximate surface area is 128 Å². The molecule has 0 amide bonds. The molecule has 0 spiro atoms. The van der Waals surface area contributed by atoms with Gasteiger partial charge in [-0.15, -0.1) is 0 Å². The summed E-state index contributed by atoms with van der Waals surface area (Å²) in [6.07, 6.45) is 7.75. The monoisotopic (exact) mass is 274 g/mol. The summed E-state index contributed by atoms with van der Waals surface area (Å²) in [5.41, 5.74) is 0. The summed E-state index contributed by atoms with van der Waals surface area (Å²) >= 11 is 0. The van der Waals surface area contributed by atoms with Gasteiger partial charge in [0, 0.05) is 0 Å². The van der Waals surface area contributed by atoms with Gasteiger partial charge in [-0.3, -0.25) is 4.18 Å². The fraction of sp³-hybridized carbons (Fsp3) is 1.00. The van der Waals surface area contributed by atoms with Crippen LogP contribution in [0.2, 0.25) is 0 Å². The second kappa shape index (κ2) is 11.9. The third-order valence-electron chi connectivity index (χ3n) is 2.62. The van der Waals surface area contributed by atoms with Crippen LogP contribution in [0.1, 0.15) is 58.8 Å². The molecule has 0 rings (SSSR count). The SMILES string of the molecule is CCCCCCC(C)CCCOS(=O)(=O)[O-].[Na+]. The molecule has 0 aromatic rings. The van der Waals surface area contributed by atoms with E-state index < -0.39 is 10.4 Å². The first-order chi connectivity index (χ1) is 7.45. The molecule has 98 valence electrons. The van der Waals surface area contributed by atoms with E-state index in [0.717, 1.165) is 6.42 Å². The molecule has 0 fully saturated rings. The largest absolute Gasteiger partial charge is 1.00 e. The maximum absolute atomic E-state index is 10.1. The normalized spacial score (nSPS) is 13.1. The van der Waals surface area contributed by atoms with Crippen LogP contribution in [0.4, 0.5) is 0 Å². The number of hydrogen-bond donors (Lipinski definition) is 0. The summed E-state index contributed by atoms with van der Waals surface area (Å²) < 4.78 is 34.6. The van der Waals surface area contributed by atoms with Gasteiger partial charge in [0.1, 0.15) is 0 Å². The molecule has 0 N–H and O–H groups in total. The zero-order chi connectivity index (χ0) is 12.4. The quantitative estimate of drug-likeness (QED) is 0.240. The molecule has 0 aromatic carbocycles. The van der Waals surface area contributed by atoms with Crippen LogP contribution in [-0.4, -0.2) is 19.6 Å². The van der Waals surface area contributed by atoms with Crippen LogP contribution in [0.25, 0.3) is 0 Å². The molecular weight excluding hydrogens is 251 g/mol. The van der Waals surface area contributed by atoms with Crippen LogP contribution in [-0.2, 0) is 14.6 Å². The van der Waals surface area contributed by atoms with Crippen LogP contribution in [0.15, 0.2) is 0 Å². The second-order valence-electron chi connectivity index (χ2n) is 4.33. The van der Waals surface area contributed by atoms with E-state index in [0.29, 0.717) is 12.3 Å². The number of rotatable bonds is 10. The fourth-order valence-electron chi connectivity index (χ4n) is 1.66. The van der Waals surface area contributed by atoms with Crippen LogP contribution < -0.4 is 29.6 Å². The van der Waals surface area contributed by atoms with E-state index in [1.165, 1.54) is 32.1 Å². The standard InChI is InChI=1S/C11H24O4S.Na/c1-3-4-5-6-8-11(2)9-7-10-15-16(12,13)14;/h11H,3-10H2,1-2H3,(H,12,13,14);/q;+1/p-1. The maximum atomic E-state index is 10.1. The second-order valence-corrected chi connectivity index (χ2v) is 5.38. The summed E-state index contributed by atoms with van der Waals surface area (Å²) in [7, 11) is -4.50. The van der Waals surface area contributed by atoms with Gasteiger partial charge in [0.25, 0.3) is 0 Å². The molecule has 0 saturated heterocycles. The Morgan fingerprint density at radius 1 is 1.12 bits per heavy atom. The topological polar surface area (TPSA) is 66.4 Å². The minimum Gasteiger partial charge on any atom is -0.726 e. The number of unbranched alkanes of at least 4 members (excludes halogenated alkanes) is 3. The molecule has 17 heavy (non-hydrogen) atoms. The summed E-state index contributed by atoms with van der Waals surface area (Å²) in [4.78, 5) is 0. The van der Waals surface area contributed by atoms with Gasteiger partial charge in [0.05, 0.1) is 6.61 Å². The van der Waals surface area contributed by atoms with Crippen molar-refractivity contribution in [2.75, 3.05) is 6.61 Å². The Morgan fingerprint density at radius 3 is 2.24 bits per heavy atom. The molecule has 0 heterocycles. The summed E-state index contributed by atoms with van der Waals surface area (Å²) in [5, 5.41) is 0. The van der Waals surface area contributed by atoms with Crippen molar-refractivity contribution in [1.82, 2.24) is 0 Å². The van der Waals surface area contributed by atoms with E-state index in [1.54, 1.807) is 0 Å². The Bertz CT molecular complexity index is 254. The molecule has 6 heteroatoms. The molecule has 0 aromatic heterocycles. The molecule has 0 aliphatic carbocycles. The molecule has 0 bridgehead atoms. The minimum absolute atomic E-state index is 0. The van der Waals surface area contributed by atoms with Gasteiger partial charge < -0.3 is 4.55 Å². The minimum atomic E-state index is -4.50. The van der Waals surface area contributed by atoms with Crippen molar-refractivity contribution >= 4 is 10.4 Å². The Balaban J connectivity index is 0. The maximum Gasteiger partial charge on any atom is 1.00 e. The zero-order valence-corrected chi connectivity index (χ0v) is 14.1. The average Bonchev–Trinajstić information content (AvgIpc) is 2.18. The van der Waals surface area contributed by atoms with Crippen molar-refractivity contribution in [2.24, 2.45) is 5.92 Å². The summed E-state index contributed by atoms with van der Waals surface area (Å²) in [6, 6.07) is 0. The fourth-order valence-corrected chi connectivity index (χ4v) is 1.98. The van der Waals surface area contributed by atoms with Crippen molar-refractivity contribution in [2.45, 2.75) is 58.8 Å². The smallest absolute Gasteiger partial charge is 0.726 e. The Morgan fingerprint density at radius 2 is 1.71 bits per heavy atom. The van der Waals surface area contributed by atoms with Gasteiger partial charge in [-0.05, 0) is 18.8 Å². The third kappa shape index (κ3) is 16.9. The molecule has 4 nitrogen and oxygen atoms in total. The molecule has 1 unspecified atom stereocenters. The molecule has 0 radical (unpaired) electrons. The molecule has 0 aliphatic heterocycles. The first-order valence-electron chi connectivity index (χ1n) is 6.06. The van der Waals surface area contributed by atoms with E-state index in [1.807, 2.05) is 0 Å². The summed E-state index contributed by atoms with van der Waals surface area (Å²) in [5.74, 6) is 0.579. The first-order valence-corrected chi connectivity index (χ1v) is 7.39. The molecular formula is C11H23NaO4S. The van der Waals surface area contributed by atoms with Crippen molar-refractivity contribution in [1.29, 1.82) is 0 Å². The predicted octanol–water partition coefficient (Wildman–Crippen LogP) is -0.146. The van der Waals surface area contributed by atoms with Gasteiger partial charge >= 0.3 is 29.6 Å². The average molecular weight is 274 g/mol. The summed E-state index contributed by atoms with van der Waals surface area (Å²) in [6.45, 7) is 4.35. The van der Waals surface area contributed by atoms with Crippen molar-refractivity contribution in [3.05, 3.63) is 0 Å². The van der Waals surface area contributed by atoms with Crippen LogP contribution in [0, 0.1) is 5.92 Å². The van der Waals surface area contributed by atoms with Gasteiger partial charge in [-0.25, -0.2) is 8.42 Å². The van der Waals surface area contributed by atoms with E-state index in [-0.39, 0.29) is 36.2 Å². The van der Waals surface area contributed by atoms with Crippen molar-refractivity contribution in [3.8, 4) is 0 Å². The van der Waals surface area contributed by atoms with Gasteiger partial charge in [0.15, 0.2) is 0 Å². The van der Waals surface area contributed by atoms with E-state index in [2.05, 4.69) is 18.0 Å². The van der Waals surface area contributed by atoms with E-state index >= 15 is 0 Å². The number of hydrogen-bond acceptors (Lipinski definition) is 4. The molecule has 0 saturated carbocycles. The Hall–Kier alpha value is 0.870. The first kappa shape index (κ1) is 20.2. The predicted molar refractivity (Wildman–Crippen MR) is 62.8 cm³/mol. The van der Waals surface area contributed by atoms with Gasteiger partial charge in [-0.2, -0.15) is 0 Å². The van der Waals surface area contributed by atoms with Crippen LogP contribution >= 0.6 is 0 Å². The van der Waals surface area contributed by atoms with Crippen LogP contribution in [0.3, 0.4) is 0 Å². The van der Waals surface area contributed by atoms with Crippen molar-refractivity contribution in [3.63, 3.8) is 0 Å². The zero-order valence-electron chi connectivity index (χ0n) is 11.3. The third-order valence-corrected chi connectivity index (χ3v) is 3.07. The van der Waals surface area contributed by atoms with Gasteiger partial charge in [0.2, 0.25) is 10.4 Å². The molecule has 1 atom stereocenters. The van der Waals surface area contributed by atoms with Crippen molar-refractivity contribution < 1.29 is 46.7 Å². The van der Waals surface area contributed by atoms with Crippen LogP contribution in [0.5, 0.6) is 0 Å². The Kier molecular flexibility index (Phi) is 14.2. The van der Waals surface area contributed by atoms with E-state index in [4.69, 9.17) is 0 Å². The van der Waals surface area contributed by atoms with E-state index in [9.17, 15) is 13.0 Å². The molecule has 0 aliphatic rings.